The highest BCUT2D eigenvalue weighted by Crippen LogP contribution is 2.51. The molecule has 608 valence electrons. The smallest absolute Gasteiger partial charge is 0.0468 e. The fraction of sp³-hybridized carbons (Fsp3) is 0. The molecule has 0 bridgehead atoms. The highest BCUT2D eigenvalue weighted by Gasteiger charge is 2.24. The monoisotopic (exact) mass is 1650 g/mol. The minimum Gasteiger partial charge on any atom is -0.311 e. The average molecular weight is 1650 g/mol. The molecule has 0 saturated heterocycles. The fourth-order valence-electron chi connectivity index (χ4n) is 19.7. The summed E-state index contributed by atoms with van der Waals surface area (Å²) in [6.07, 6.45) is 8.99. The standard InChI is InChI=1S/C128H86N2/c1-5-25-89(26-6-1)92-51-45-87(46-52-92)49-55-98-72-83-123(113-35-15-13-33-111(98)113)127-119-41-21-17-37-115(119)125(116-38-18-22-42-120(116)127)100-67-78-108(79-68-100)129(106-74-63-95(64-75-106)91-29-9-3-10-30-91)107-76-65-96(66-77-107)94-57-59-97(60-58-94)102-61-62-104-86-110(82-71-103(104)85-102)130(105-31-11-4-12-32-105)109-80-69-101(70-81-109)126-117-39-19-23-43-121(117)128(122-44-24-20-40-118(122)126)124-84-73-99(112-34-14-16-36-114(112)124)56-50-88-47-53-93(54-48-88)90-27-7-2-8-28-90/h1-86H. The van der Waals surface area contributed by atoms with Crippen molar-refractivity contribution >= 4 is 134 Å². The largest absolute Gasteiger partial charge is 0.311 e. The predicted octanol–water partition coefficient (Wildman–Crippen LogP) is 36.0. The molecular formula is C128H86N2. The SMILES string of the molecule is C(=Cc1ccc(-c2c3ccccc3c(-c3ccc(N(c4ccc(-c5ccccc5)cc4)c4ccc(-c5ccc(-c6ccc7cc(N(c8ccccc8)c8ccc(-c9c%10ccccc%10c(-c%10ccc(C=Cc%11ccc(-c%12ccccc%12)cc%11)c%11ccccc%10%11)c%10ccccc9%10)cc8)ccc7c6)cc5)cc4)cc3)c3ccccc23)c2ccccc12)c1ccc(-c2ccccc2)cc1. The van der Waals surface area contributed by atoms with Gasteiger partial charge in [0.15, 0.2) is 0 Å². The number of benzene rings is 23. The first-order valence-corrected chi connectivity index (χ1v) is 44.8. The van der Waals surface area contributed by atoms with E-state index in [0.29, 0.717) is 0 Å². The lowest BCUT2D eigenvalue weighted by Gasteiger charge is -2.26. The van der Waals surface area contributed by atoms with Gasteiger partial charge in [-0.3, -0.25) is 0 Å². The molecule has 0 heterocycles. The van der Waals surface area contributed by atoms with Crippen molar-refractivity contribution in [1.29, 1.82) is 0 Å². The summed E-state index contributed by atoms with van der Waals surface area (Å²) in [6, 6.07) is 183. The third kappa shape index (κ3) is 14.8. The van der Waals surface area contributed by atoms with Crippen molar-refractivity contribution in [3.8, 4) is 100 Å². The summed E-state index contributed by atoms with van der Waals surface area (Å²) in [5.41, 5.74) is 32.7. The Morgan fingerprint density at radius 3 is 0.715 bits per heavy atom. The van der Waals surface area contributed by atoms with Gasteiger partial charge in [-0.25, -0.2) is 0 Å². The molecule has 0 aliphatic heterocycles. The van der Waals surface area contributed by atoms with Crippen molar-refractivity contribution < 1.29 is 0 Å². The Balaban J connectivity index is 0.517. The number of fused-ring (bicyclic) bond motifs is 7. The van der Waals surface area contributed by atoms with Gasteiger partial charge in [0.25, 0.3) is 0 Å². The van der Waals surface area contributed by atoms with Crippen LogP contribution in [0.25, 0.3) is 200 Å². The van der Waals surface area contributed by atoms with E-state index in [4.69, 9.17) is 0 Å². The minimum absolute atomic E-state index is 1.06. The van der Waals surface area contributed by atoms with E-state index < -0.39 is 0 Å². The van der Waals surface area contributed by atoms with Crippen LogP contribution in [-0.4, -0.2) is 0 Å². The van der Waals surface area contributed by atoms with E-state index in [1.165, 1.54) is 164 Å². The second-order valence-electron chi connectivity index (χ2n) is 33.7. The van der Waals surface area contributed by atoms with Crippen LogP contribution in [0.2, 0.25) is 0 Å². The van der Waals surface area contributed by atoms with Gasteiger partial charge in [-0.15, -0.1) is 0 Å². The Morgan fingerprint density at radius 2 is 0.362 bits per heavy atom. The molecule has 0 fully saturated rings. The first-order valence-electron chi connectivity index (χ1n) is 44.8. The van der Waals surface area contributed by atoms with Crippen molar-refractivity contribution in [2.45, 2.75) is 0 Å². The lowest BCUT2D eigenvalue weighted by molar-refractivity contribution is 1.28. The van der Waals surface area contributed by atoms with Gasteiger partial charge in [0.1, 0.15) is 0 Å². The summed E-state index contributed by atoms with van der Waals surface area (Å²) in [5, 5.41) is 17.0. The van der Waals surface area contributed by atoms with Gasteiger partial charge in [0, 0.05) is 34.1 Å². The molecule has 0 amide bonds. The van der Waals surface area contributed by atoms with E-state index in [2.05, 4.69) is 532 Å². The molecule has 0 spiro atoms. The van der Waals surface area contributed by atoms with Crippen molar-refractivity contribution in [3.05, 3.63) is 520 Å². The molecule has 130 heavy (non-hydrogen) atoms. The molecular weight excluding hydrogens is 1570 g/mol. The van der Waals surface area contributed by atoms with Crippen molar-refractivity contribution in [1.82, 2.24) is 0 Å². The van der Waals surface area contributed by atoms with E-state index in [0.717, 1.165) is 67.5 Å². The topological polar surface area (TPSA) is 6.48 Å². The van der Waals surface area contributed by atoms with E-state index in [1.54, 1.807) is 0 Å². The minimum atomic E-state index is 1.06. The van der Waals surface area contributed by atoms with Crippen LogP contribution in [-0.2, 0) is 0 Å². The number of para-hydroxylation sites is 1. The highest BCUT2D eigenvalue weighted by molar-refractivity contribution is 6.26. The molecule has 23 aromatic carbocycles. The second-order valence-corrected chi connectivity index (χ2v) is 33.7. The third-order valence-electron chi connectivity index (χ3n) is 26.1. The van der Waals surface area contributed by atoms with E-state index >= 15 is 0 Å². The van der Waals surface area contributed by atoms with Crippen molar-refractivity contribution in [2.75, 3.05) is 9.80 Å². The quantitative estimate of drug-likeness (QED) is 0.0588. The Hall–Kier alpha value is -17.0. The molecule has 2 nitrogen and oxygen atoms in total. The fourth-order valence-corrected chi connectivity index (χ4v) is 19.7. The first-order chi connectivity index (χ1) is 64.5. The zero-order chi connectivity index (χ0) is 86.2. The normalized spacial score (nSPS) is 11.6. The summed E-state index contributed by atoms with van der Waals surface area (Å²) < 4.78 is 0. The summed E-state index contributed by atoms with van der Waals surface area (Å²) in [4.78, 5) is 4.76. The van der Waals surface area contributed by atoms with E-state index in [9.17, 15) is 0 Å². The van der Waals surface area contributed by atoms with Crippen LogP contribution in [0.3, 0.4) is 0 Å². The number of hydrogen-bond donors (Lipinski definition) is 0. The number of nitrogens with zero attached hydrogens (tertiary/aromatic N) is 2. The Labute approximate surface area is 758 Å². The zero-order valence-electron chi connectivity index (χ0n) is 71.5. The molecule has 0 unspecified atom stereocenters. The maximum absolute atomic E-state index is 2.38. The highest BCUT2D eigenvalue weighted by atomic mass is 15.1. The summed E-state index contributed by atoms with van der Waals surface area (Å²) in [6.45, 7) is 0. The predicted molar refractivity (Wildman–Crippen MR) is 558 cm³/mol. The lowest BCUT2D eigenvalue weighted by atomic mass is 9.84. The maximum atomic E-state index is 2.38. The van der Waals surface area contributed by atoms with Crippen LogP contribution in [0, 0.1) is 0 Å². The van der Waals surface area contributed by atoms with E-state index in [-0.39, 0.29) is 0 Å². The number of hydrogen-bond acceptors (Lipinski definition) is 2. The number of rotatable bonds is 19. The third-order valence-corrected chi connectivity index (χ3v) is 26.1. The average Bonchev–Trinajstić information content (AvgIpc) is 0.728. The van der Waals surface area contributed by atoms with Gasteiger partial charge in [-0.2, -0.15) is 0 Å². The molecule has 2 heteroatoms. The Bertz CT molecular complexity index is 8120. The van der Waals surface area contributed by atoms with Crippen molar-refractivity contribution in [3.63, 3.8) is 0 Å². The lowest BCUT2D eigenvalue weighted by Crippen LogP contribution is -2.09. The van der Waals surface area contributed by atoms with Gasteiger partial charge in [-0.1, -0.05) is 443 Å². The molecule has 0 aromatic heterocycles. The Morgan fingerprint density at radius 1 is 0.131 bits per heavy atom. The first kappa shape index (κ1) is 77.7. The van der Waals surface area contributed by atoms with Gasteiger partial charge in [0.2, 0.25) is 0 Å². The van der Waals surface area contributed by atoms with E-state index in [1.807, 2.05) is 0 Å². The molecule has 0 saturated carbocycles. The molecule has 0 radical (unpaired) electrons. The molecule has 0 aliphatic rings. The molecule has 23 rings (SSSR count). The van der Waals surface area contributed by atoms with Gasteiger partial charge in [0.05, 0.1) is 0 Å². The van der Waals surface area contributed by atoms with Crippen molar-refractivity contribution in [2.24, 2.45) is 0 Å². The Kier molecular flexibility index (Phi) is 20.4. The molecule has 0 N–H and O–H groups in total. The van der Waals surface area contributed by atoms with Crippen LogP contribution in [0.4, 0.5) is 34.1 Å². The molecule has 0 atom stereocenters. The second kappa shape index (κ2) is 34.1. The van der Waals surface area contributed by atoms with Crippen LogP contribution in [0.15, 0.2) is 497 Å². The van der Waals surface area contributed by atoms with Gasteiger partial charge >= 0.3 is 0 Å². The zero-order valence-corrected chi connectivity index (χ0v) is 71.5. The summed E-state index contributed by atoms with van der Waals surface area (Å²) in [5.74, 6) is 0. The van der Waals surface area contributed by atoms with Crippen LogP contribution < -0.4 is 9.80 Å². The van der Waals surface area contributed by atoms with Crippen LogP contribution in [0.5, 0.6) is 0 Å². The summed E-state index contributed by atoms with van der Waals surface area (Å²) >= 11 is 0. The molecule has 23 aromatic rings. The maximum Gasteiger partial charge on any atom is 0.0468 e. The summed E-state index contributed by atoms with van der Waals surface area (Å²) in [7, 11) is 0. The van der Waals surface area contributed by atoms with Gasteiger partial charge in [-0.05, 0) is 277 Å². The van der Waals surface area contributed by atoms with Crippen LogP contribution in [0.1, 0.15) is 22.3 Å². The van der Waals surface area contributed by atoms with Crippen LogP contribution >= 0.6 is 0 Å². The van der Waals surface area contributed by atoms with Gasteiger partial charge < -0.3 is 9.80 Å². The molecule has 0 aliphatic carbocycles. The number of anilines is 6.